The summed E-state index contributed by atoms with van der Waals surface area (Å²) in [5, 5.41) is 22.2. The Bertz CT molecular complexity index is 1180. The van der Waals surface area contributed by atoms with Crippen LogP contribution in [0, 0.1) is 36.3 Å². The summed E-state index contributed by atoms with van der Waals surface area (Å²) in [7, 11) is 0. The number of halogens is 2. The van der Waals surface area contributed by atoms with Gasteiger partial charge in [-0.15, -0.1) is 0 Å². The lowest BCUT2D eigenvalue weighted by Crippen LogP contribution is -2.30. The average Bonchev–Trinajstić information content (AvgIpc) is 2.77. The Labute approximate surface area is 184 Å². The molecule has 0 aliphatic rings. The molecule has 0 fully saturated rings. The Kier molecular flexibility index (Phi) is 7.18. The lowest BCUT2D eigenvalue weighted by Gasteiger charge is -2.21. The van der Waals surface area contributed by atoms with E-state index in [1.807, 2.05) is 0 Å². The summed E-state index contributed by atoms with van der Waals surface area (Å²) < 4.78 is 27.3. The van der Waals surface area contributed by atoms with Gasteiger partial charge in [-0.2, -0.15) is 0 Å². The zero-order valence-corrected chi connectivity index (χ0v) is 17.6. The smallest absolute Gasteiger partial charge is 0.270 e. The minimum atomic E-state index is -0.954. The number of nitrogens with one attached hydrogen (secondary N) is 1. The maximum atomic E-state index is 13.9. The first-order chi connectivity index (χ1) is 15.3. The number of aryl methyl sites for hydroxylation is 1. The van der Waals surface area contributed by atoms with E-state index >= 15 is 0 Å². The summed E-state index contributed by atoms with van der Waals surface area (Å²) in [6, 6.07) is 11.0. The minimum absolute atomic E-state index is 0.0777. The molecule has 2 aromatic carbocycles. The first-order valence-corrected chi connectivity index (χ1v) is 9.92. The molecule has 0 aliphatic carbocycles. The highest BCUT2D eigenvalue weighted by atomic mass is 19.1. The molecule has 2 unspecified atom stereocenters. The van der Waals surface area contributed by atoms with Crippen molar-refractivity contribution in [3.63, 3.8) is 0 Å². The number of benzene rings is 2. The second kappa shape index (κ2) is 10.0. The molecule has 3 N–H and O–H groups in total. The molecule has 3 aromatic rings. The number of aromatic nitrogens is 1. The molecule has 3 rings (SSSR count). The molecule has 0 radical (unpaired) electrons. The first-order valence-electron chi connectivity index (χ1n) is 9.92. The van der Waals surface area contributed by atoms with Crippen molar-refractivity contribution in [2.24, 2.45) is 5.92 Å². The Balaban J connectivity index is 1.98. The van der Waals surface area contributed by atoms with Crippen LogP contribution in [0.2, 0.25) is 0 Å². The zero-order chi connectivity index (χ0) is 23.3. The highest BCUT2D eigenvalue weighted by molar-refractivity contribution is 5.93. The van der Waals surface area contributed by atoms with Gasteiger partial charge in [0.1, 0.15) is 23.1 Å². The summed E-state index contributed by atoms with van der Waals surface area (Å²) in [6.45, 7) is 3.40. The molecule has 32 heavy (non-hydrogen) atoms. The van der Waals surface area contributed by atoms with Crippen molar-refractivity contribution in [1.82, 2.24) is 10.3 Å². The van der Waals surface area contributed by atoms with Gasteiger partial charge in [-0.3, -0.25) is 4.79 Å². The number of rotatable bonds is 5. The maximum absolute atomic E-state index is 13.9. The summed E-state index contributed by atoms with van der Waals surface area (Å²) in [6.07, 6.45) is 0. The second-order valence-electron chi connectivity index (χ2n) is 7.40. The van der Waals surface area contributed by atoms with Crippen molar-refractivity contribution < 1.29 is 23.8 Å². The van der Waals surface area contributed by atoms with E-state index < -0.39 is 23.6 Å². The molecule has 0 saturated heterocycles. The molecule has 0 spiro atoms. The molecule has 0 aliphatic heterocycles. The van der Waals surface area contributed by atoms with E-state index in [0.717, 1.165) is 12.1 Å². The number of nitrogens with zero attached hydrogens (tertiary/aromatic N) is 1. The normalized spacial score (nSPS) is 12.4. The number of hydrogen-bond donors (Lipinski definition) is 3. The molecule has 0 bridgehead atoms. The minimum Gasteiger partial charge on any atom is -0.508 e. The average molecular weight is 436 g/mol. The number of carbonyl (C=O) groups is 1. The molecule has 0 saturated carbocycles. The monoisotopic (exact) mass is 436 g/mol. The SMILES string of the molecule is Cc1cc(C#CC(C)CO)cc(C(=O)NC(c2ccc(F)cc2)c2cc(F)ccc2O)n1. The molecule has 1 aromatic heterocycles. The Hall–Kier alpha value is -3.76. The van der Waals surface area contributed by atoms with Crippen molar-refractivity contribution in [2.75, 3.05) is 6.61 Å². The number of amides is 1. The molecule has 1 heterocycles. The largest absolute Gasteiger partial charge is 0.508 e. The lowest BCUT2D eigenvalue weighted by atomic mass is 9.97. The van der Waals surface area contributed by atoms with Gasteiger partial charge in [0.05, 0.1) is 12.6 Å². The number of aliphatic hydroxyl groups excluding tert-OH is 1. The van der Waals surface area contributed by atoms with Crippen molar-refractivity contribution >= 4 is 5.91 Å². The number of carbonyl (C=O) groups excluding carboxylic acids is 1. The standard InChI is InChI=1S/C25H22F2N2O3/c1-15(14-30)3-4-17-11-16(2)28-22(12-17)25(32)29-24(18-5-7-19(26)8-6-18)21-13-20(27)9-10-23(21)31/h5-13,15,24,30-31H,14H2,1-2H3,(H,29,32). The topological polar surface area (TPSA) is 82.5 Å². The number of phenolic OH excluding ortho intramolecular Hbond substituents is 1. The van der Waals surface area contributed by atoms with Gasteiger partial charge in [0, 0.05) is 22.7 Å². The van der Waals surface area contributed by atoms with E-state index in [2.05, 4.69) is 22.1 Å². The predicted molar refractivity (Wildman–Crippen MR) is 116 cm³/mol. The highest BCUT2D eigenvalue weighted by Crippen LogP contribution is 2.30. The van der Waals surface area contributed by atoms with Crippen LogP contribution in [0.25, 0.3) is 0 Å². The second-order valence-corrected chi connectivity index (χ2v) is 7.40. The van der Waals surface area contributed by atoms with Gasteiger partial charge in [-0.05, 0) is 61.9 Å². The van der Waals surface area contributed by atoms with Crippen LogP contribution in [0.1, 0.15) is 45.8 Å². The Morgan fingerprint density at radius 2 is 1.78 bits per heavy atom. The maximum Gasteiger partial charge on any atom is 0.270 e. The fraction of sp³-hybridized carbons (Fsp3) is 0.200. The summed E-state index contributed by atoms with van der Waals surface area (Å²) in [5.74, 6) is 3.71. The van der Waals surface area contributed by atoms with Gasteiger partial charge in [0.15, 0.2) is 0 Å². The van der Waals surface area contributed by atoms with Crippen LogP contribution in [0.4, 0.5) is 8.78 Å². The number of phenols is 1. The van der Waals surface area contributed by atoms with Gasteiger partial charge in [-0.25, -0.2) is 13.8 Å². The predicted octanol–water partition coefficient (Wildman–Crippen LogP) is 3.87. The van der Waals surface area contributed by atoms with Crippen LogP contribution in [0.15, 0.2) is 54.6 Å². The van der Waals surface area contributed by atoms with Crippen LogP contribution in [-0.4, -0.2) is 27.7 Å². The summed E-state index contributed by atoms with van der Waals surface area (Å²) >= 11 is 0. The van der Waals surface area contributed by atoms with Crippen molar-refractivity contribution in [3.8, 4) is 17.6 Å². The molecule has 164 valence electrons. The van der Waals surface area contributed by atoms with Gasteiger partial charge >= 0.3 is 0 Å². The van der Waals surface area contributed by atoms with Crippen molar-refractivity contribution in [1.29, 1.82) is 0 Å². The summed E-state index contributed by atoms with van der Waals surface area (Å²) in [5.41, 5.74) is 1.76. The molecular weight excluding hydrogens is 414 g/mol. The third-order valence-corrected chi connectivity index (χ3v) is 4.70. The third-order valence-electron chi connectivity index (χ3n) is 4.70. The number of aliphatic hydroxyl groups is 1. The Morgan fingerprint density at radius 1 is 1.09 bits per heavy atom. The van der Waals surface area contributed by atoms with Crippen LogP contribution in [0.3, 0.4) is 0 Å². The molecule has 5 nitrogen and oxygen atoms in total. The van der Waals surface area contributed by atoms with E-state index in [1.54, 1.807) is 19.9 Å². The zero-order valence-electron chi connectivity index (χ0n) is 17.6. The highest BCUT2D eigenvalue weighted by Gasteiger charge is 2.22. The summed E-state index contributed by atoms with van der Waals surface area (Å²) in [4.78, 5) is 17.3. The van der Waals surface area contributed by atoms with E-state index in [-0.39, 0.29) is 29.5 Å². The fourth-order valence-electron chi connectivity index (χ4n) is 3.07. The van der Waals surface area contributed by atoms with Crippen LogP contribution in [0.5, 0.6) is 5.75 Å². The third kappa shape index (κ3) is 5.68. The van der Waals surface area contributed by atoms with E-state index in [4.69, 9.17) is 5.11 Å². The van der Waals surface area contributed by atoms with Crippen LogP contribution < -0.4 is 5.32 Å². The van der Waals surface area contributed by atoms with E-state index in [1.165, 1.54) is 36.4 Å². The van der Waals surface area contributed by atoms with Crippen molar-refractivity contribution in [2.45, 2.75) is 19.9 Å². The lowest BCUT2D eigenvalue weighted by molar-refractivity contribution is 0.0937. The molecular formula is C25H22F2N2O3. The number of pyridine rings is 1. The van der Waals surface area contributed by atoms with Crippen molar-refractivity contribution in [3.05, 3.63) is 94.3 Å². The van der Waals surface area contributed by atoms with E-state index in [0.29, 0.717) is 16.8 Å². The van der Waals surface area contributed by atoms with Gasteiger partial charge in [0.2, 0.25) is 0 Å². The van der Waals surface area contributed by atoms with Crippen LogP contribution in [-0.2, 0) is 0 Å². The molecule has 2 atom stereocenters. The van der Waals surface area contributed by atoms with Gasteiger partial charge in [-0.1, -0.05) is 24.0 Å². The molecule has 7 heteroatoms. The van der Waals surface area contributed by atoms with E-state index in [9.17, 15) is 18.7 Å². The van der Waals surface area contributed by atoms with Crippen LogP contribution >= 0.6 is 0 Å². The number of aromatic hydroxyl groups is 1. The first kappa shape index (κ1) is 22.9. The fourth-order valence-corrected chi connectivity index (χ4v) is 3.07. The van der Waals surface area contributed by atoms with Gasteiger partial charge < -0.3 is 15.5 Å². The molecule has 1 amide bonds. The Morgan fingerprint density at radius 3 is 2.47 bits per heavy atom. The van der Waals surface area contributed by atoms with Gasteiger partial charge in [0.25, 0.3) is 5.91 Å². The number of hydrogen-bond acceptors (Lipinski definition) is 4. The quantitative estimate of drug-likeness (QED) is 0.531.